The first-order valence-electron chi connectivity index (χ1n) is 5.61. The summed E-state index contributed by atoms with van der Waals surface area (Å²) in [6.07, 6.45) is -0.560. The summed E-state index contributed by atoms with van der Waals surface area (Å²) < 4.78 is 0. The van der Waals surface area contributed by atoms with Crippen LogP contribution in [0.5, 0.6) is 0 Å². The van der Waals surface area contributed by atoms with E-state index in [1.807, 2.05) is 32.0 Å². The summed E-state index contributed by atoms with van der Waals surface area (Å²) in [5.41, 5.74) is 3.01. The first-order valence-corrected chi connectivity index (χ1v) is 5.61. The summed E-state index contributed by atoms with van der Waals surface area (Å²) in [6, 6.07) is 5.89. The van der Waals surface area contributed by atoms with Gasteiger partial charge in [-0.3, -0.25) is 4.79 Å². The predicted molar refractivity (Wildman–Crippen MR) is 67.4 cm³/mol. The average Bonchev–Trinajstić information content (AvgIpc) is 2.13. The molecule has 1 rings (SSSR count). The second-order valence-corrected chi connectivity index (χ2v) is 4.47. The zero-order valence-electron chi connectivity index (χ0n) is 10.5. The van der Waals surface area contributed by atoms with E-state index in [0.717, 1.165) is 16.8 Å². The summed E-state index contributed by atoms with van der Waals surface area (Å²) in [6.45, 7) is 5.80. The molecule has 1 unspecified atom stereocenters. The van der Waals surface area contributed by atoms with Crippen molar-refractivity contribution in [3.05, 3.63) is 29.3 Å². The molecule has 0 spiro atoms. The Morgan fingerprint density at radius 3 is 2.24 bits per heavy atom. The third-order valence-corrected chi connectivity index (χ3v) is 2.38. The average molecular weight is 237 g/mol. The number of carboxylic acid groups (broad SMARTS) is 1. The molecule has 0 bridgehead atoms. The van der Waals surface area contributed by atoms with Gasteiger partial charge in [0.05, 0.1) is 6.10 Å². The lowest BCUT2D eigenvalue weighted by atomic mass is 10.1. The molecule has 1 atom stereocenters. The quantitative estimate of drug-likeness (QED) is 0.816. The summed E-state index contributed by atoms with van der Waals surface area (Å²) >= 11 is 0. The van der Waals surface area contributed by atoms with Gasteiger partial charge in [-0.05, 0) is 44.0 Å². The van der Waals surface area contributed by atoms with E-state index < -0.39 is 12.1 Å². The molecule has 0 amide bonds. The Bertz CT molecular complexity index is 381. The van der Waals surface area contributed by atoms with Gasteiger partial charge in [-0.1, -0.05) is 6.07 Å². The molecule has 0 fully saturated rings. The van der Waals surface area contributed by atoms with Crippen molar-refractivity contribution in [2.75, 3.05) is 18.0 Å². The number of carboxylic acids is 1. The van der Waals surface area contributed by atoms with Crippen LogP contribution >= 0.6 is 0 Å². The van der Waals surface area contributed by atoms with E-state index in [-0.39, 0.29) is 6.54 Å². The minimum Gasteiger partial charge on any atom is -0.480 e. The first-order chi connectivity index (χ1) is 7.88. The number of benzene rings is 1. The zero-order chi connectivity index (χ0) is 13.0. The largest absolute Gasteiger partial charge is 0.480 e. The molecule has 4 heteroatoms. The maximum Gasteiger partial charge on any atom is 0.323 e. The molecule has 94 valence electrons. The van der Waals surface area contributed by atoms with Crippen LogP contribution in [-0.4, -0.2) is 35.4 Å². The molecule has 0 aromatic heterocycles. The summed E-state index contributed by atoms with van der Waals surface area (Å²) in [7, 11) is 0. The highest BCUT2D eigenvalue weighted by Crippen LogP contribution is 2.18. The lowest BCUT2D eigenvalue weighted by Crippen LogP contribution is -2.35. The number of hydrogen-bond acceptors (Lipinski definition) is 3. The molecule has 0 aliphatic heterocycles. The van der Waals surface area contributed by atoms with Crippen LogP contribution in [0.2, 0.25) is 0 Å². The smallest absolute Gasteiger partial charge is 0.323 e. The lowest BCUT2D eigenvalue weighted by molar-refractivity contribution is -0.135. The number of anilines is 1. The van der Waals surface area contributed by atoms with Crippen molar-refractivity contribution in [3.8, 4) is 0 Å². The van der Waals surface area contributed by atoms with Gasteiger partial charge in [0.15, 0.2) is 0 Å². The van der Waals surface area contributed by atoms with Crippen molar-refractivity contribution < 1.29 is 15.0 Å². The van der Waals surface area contributed by atoms with E-state index >= 15 is 0 Å². The third-order valence-electron chi connectivity index (χ3n) is 2.38. The second kappa shape index (κ2) is 5.68. The molecule has 0 radical (unpaired) electrons. The van der Waals surface area contributed by atoms with Gasteiger partial charge in [0, 0.05) is 12.2 Å². The van der Waals surface area contributed by atoms with E-state index in [2.05, 4.69) is 0 Å². The van der Waals surface area contributed by atoms with Gasteiger partial charge in [-0.25, -0.2) is 0 Å². The first kappa shape index (κ1) is 13.5. The number of rotatable bonds is 5. The van der Waals surface area contributed by atoms with E-state index in [0.29, 0.717) is 6.54 Å². The number of aryl methyl sites for hydroxylation is 2. The molecule has 1 aromatic rings. The molecule has 1 aromatic carbocycles. The van der Waals surface area contributed by atoms with Gasteiger partial charge in [-0.2, -0.15) is 0 Å². The molecule has 0 aliphatic carbocycles. The minimum absolute atomic E-state index is 0.103. The molecule has 17 heavy (non-hydrogen) atoms. The summed E-state index contributed by atoms with van der Waals surface area (Å²) in [5, 5.41) is 18.3. The number of hydrogen-bond donors (Lipinski definition) is 2. The van der Waals surface area contributed by atoms with Crippen molar-refractivity contribution in [2.45, 2.75) is 26.9 Å². The maximum atomic E-state index is 10.8. The highest BCUT2D eigenvalue weighted by molar-refractivity contribution is 5.74. The predicted octanol–water partition coefficient (Wildman–Crippen LogP) is 1.58. The number of aliphatic carboxylic acids is 1. The Balaban J connectivity index is 2.98. The van der Waals surface area contributed by atoms with Crippen LogP contribution in [0, 0.1) is 13.8 Å². The van der Waals surface area contributed by atoms with Crippen LogP contribution in [0.25, 0.3) is 0 Å². The van der Waals surface area contributed by atoms with Crippen LogP contribution in [0.4, 0.5) is 5.69 Å². The van der Waals surface area contributed by atoms with Gasteiger partial charge in [0.2, 0.25) is 0 Å². The number of nitrogens with zero attached hydrogens (tertiary/aromatic N) is 1. The van der Waals surface area contributed by atoms with Crippen molar-refractivity contribution in [1.82, 2.24) is 0 Å². The summed E-state index contributed by atoms with van der Waals surface area (Å²) in [5.74, 6) is -0.898. The standard InChI is InChI=1S/C13H19NO3/c1-9-4-10(2)6-12(5-9)14(7-11(3)15)8-13(16)17/h4-6,11,15H,7-8H2,1-3H3,(H,16,17). The Morgan fingerprint density at radius 1 is 1.29 bits per heavy atom. The number of carbonyl (C=O) groups is 1. The van der Waals surface area contributed by atoms with Gasteiger partial charge < -0.3 is 15.1 Å². The highest BCUT2D eigenvalue weighted by atomic mass is 16.4. The Labute approximate surface area is 101 Å². The van der Waals surface area contributed by atoms with Crippen LogP contribution in [-0.2, 0) is 4.79 Å². The van der Waals surface area contributed by atoms with E-state index in [9.17, 15) is 9.90 Å². The van der Waals surface area contributed by atoms with Crippen LogP contribution in [0.1, 0.15) is 18.1 Å². The van der Waals surface area contributed by atoms with Crippen molar-refractivity contribution in [2.24, 2.45) is 0 Å². The molecule has 4 nitrogen and oxygen atoms in total. The second-order valence-electron chi connectivity index (χ2n) is 4.47. The van der Waals surface area contributed by atoms with E-state index in [4.69, 9.17) is 5.11 Å². The van der Waals surface area contributed by atoms with Crippen LogP contribution in [0.15, 0.2) is 18.2 Å². The fourth-order valence-electron chi connectivity index (χ4n) is 1.88. The van der Waals surface area contributed by atoms with Crippen LogP contribution in [0.3, 0.4) is 0 Å². The fraction of sp³-hybridized carbons (Fsp3) is 0.462. The molecule has 0 saturated carbocycles. The minimum atomic E-state index is -0.898. The van der Waals surface area contributed by atoms with E-state index in [1.165, 1.54) is 0 Å². The maximum absolute atomic E-state index is 10.8. The number of aliphatic hydroxyl groups is 1. The van der Waals surface area contributed by atoms with E-state index in [1.54, 1.807) is 11.8 Å². The monoisotopic (exact) mass is 237 g/mol. The Hall–Kier alpha value is -1.55. The highest BCUT2D eigenvalue weighted by Gasteiger charge is 2.13. The third kappa shape index (κ3) is 4.44. The Kier molecular flexibility index (Phi) is 4.52. The number of aliphatic hydroxyl groups excluding tert-OH is 1. The van der Waals surface area contributed by atoms with Gasteiger partial charge >= 0.3 is 5.97 Å². The topological polar surface area (TPSA) is 60.8 Å². The normalized spacial score (nSPS) is 12.2. The molecule has 0 aliphatic rings. The lowest BCUT2D eigenvalue weighted by Gasteiger charge is -2.25. The van der Waals surface area contributed by atoms with Crippen molar-refractivity contribution >= 4 is 11.7 Å². The molecule has 0 saturated heterocycles. The summed E-state index contributed by atoms with van der Waals surface area (Å²) in [4.78, 5) is 12.5. The van der Waals surface area contributed by atoms with Crippen LogP contribution < -0.4 is 4.90 Å². The van der Waals surface area contributed by atoms with Gasteiger partial charge in [-0.15, -0.1) is 0 Å². The Morgan fingerprint density at radius 2 is 1.82 bits per heavy atom. The zero-order valence-corrected chi connectivity index (χ0v) is 10.5. The van der Waals surface area contributed by atoms with Gasteiger partial charge in [0.1, 0.15) is 6.54 Å². The van der Waals surface area contributed by atoms with Crippen molar-refractivity contribution in [1.29, 1.82) is 0 Å². The molecule has 0 heterocycles. The molecular formula is C13H19NO3. The van der Waals surface area contributed by atoms with Gasteiger partial charge in [0.25, 0.3) is 0 Å². The fourth-order valence-corrected chi connectivity index (χ4v) is 1.88. The molecule has 2 N–H and O–H groups in total. The SMILES string of the molecule is Cc1cc(C)cc(N(CC(=O)O)CC(C)O)c1. The van der Waals surface area contributed by atoms with Crippen molar-refractivity contribution in [3.63, 3.8) is 0 Å². The molecular weight excluding hydrogens is 218 g/mol.